The standard InChI is InChI=1S/C22H21N5O/c1-4-28-17-10-11-19-18(13-17)15(3)24-22(25-19)27-21-23-14(2)12-20(26-21)16-8-6-5-7-9-16/h5-13H,4H2,1-3H3,(H,23,24,25,26,27). The van der Waals surface area contributed by atoms with E-state index in [-0.39, 0.29) is 0 Å². The van der Waals surface area contributed by atoms with Crippen molar-refractivity contribution in [3.63, 3.8) is 0 Å². The minimum absolute atomic E-state index is 0.471. The number of ether oxygens (including phenoxy) is 1. The summed E-state index contributed by atoms with van der Waals surface area (Å²) in [5.41, 5.74) is 4.47. The van der Waals surface area contributed by atoms with Gasteiger partial charge in [0.25, 0.3) is 0 Å². The lowest BCUT2D eigenvalue weighted by molar-refractivity contribution is 0.340. The summed E-state index contributed by atoms with van der Waals surface area (Å²) in [6, 6.07) is 17.8. The Bertz CT molecular complexity index is 1130. The first-order chi connectivity index (χ1) is 13.6. The topological polar surface area (TPSA) is 72.8 Å². The second-order valence-corrected chi connectivity index (χ2v) is 6.45. The van der Waals surface area contributed by atoms with Crippen LogP contribution in [0.25, 0.3) is 22.2 Å². The second-order valence-electron chi connectivity index (χ2n) is 6.45. The normalized spacial score (nSPS) is 10.8. The van der Waals surface area contributed by atoms with Gasteiger partial charge in [0.05, 0.1) is 23.5 Å². The van der Waals surface area contributed by atoms with E-state index in [1.165, 1.54) is 0 Å². The van der Waals surface area contributed by atoms with E-state index in [4.69, 9.17) is 4.74 Å². The molecule has 6 heteroatoms. The minimum Gasteiger partial charge on any atom is -0.494 e. The molecule has 0 bridgehead atoms. The molecular formula is C22H21N5O. The lowest BCUT2D eigenvalue weighted by Gasteiger charge is -2.10. The summed E-state index contributed by atoms with van der Waals surface area (Å²) in [5.74, 6) is 1.76. The van der Waals surface area contributed by atoms with E-state index >= 15 is 0 Å². The van der Waals surface area contributed by atoms with Gasteiger partial charge in [0.15, 0.2) is 0 Å². The fourth-order valence-electron chi connectivity index (χ4n) is 3.05. The number of hydrogen-bond acceptors (Lipinski definition) is 6. The molecule has 2 heterocycles. The van der Waals surface area contributed by atoms with E-state index in [0.717, 1.165) is 39.3 Å². The quantitative estimate of drug-likeness (QED) is 0.541. The van der Waals surface area contributed by atoms with Crippen molar-refractivity contribution >= 4 is 22.8 Å². The largest absolute Gasteiger partial charge is 0.494 e. The van der Waals surface area contributed by atoms with Gasteiger partial charge in [0.1, 0.15) is 5.75 Å². The lowest BCUT2D eigenvalue weighted by Crippen LogP contribution is -2.04. The van der Waals surface area contributed by atoms with Crippen LogP contribution in [0.3, 0.4) is 0 Å². The van der Waals surface area contributed by atoms with Gasteiger partial charge in [0, 0.05) is 16.6 Å². The third-order valence-electron chi connectivity index (χ3n) is 4.32. The first-order valence-corrected chi connectivity index (χ1v) is 9.21. The zero-order chi connectivity index (χ0) is 19.5. The van der Waals surface area contributed by atoms with Crippen molar-refractivity contribution in [2.45, 2.75) is 20.8 Å². The molecule has 2 aromatic carbocycles. The molecule has 0 radical (unpaired) electrons. The van der Waals surface area contributed by atoms with E-state index < -0.39 is 0 Å². The molecule has 140 valence electrons. The van der Waals surface area contributed by atoms with Crippen LogP contribution < -0.4 is 10.1 Å². The molecule has 1 N–H and O–H groups in total. The summed E-state index contributed by atoms with van der Waals surface area (Å²) in [4.78, 5) is 18.3. The zero-order valence-corrected chi connectivity index (χ0v) is 16.1. The Morgan fingerprint density at radius 2 is 1.64 bits per heavy atom. The number of nitrogens with one attached hydrogen (secondary N) is 1. The van der Waals surface area contributed by atoms with Crippen molar-refractivity contribution in [3.8, 4) is 17.0 Å². The number of aryl methyl sites for hydroxylation is 2. The predicted molar refractivity (Wildman–Crippen MR) is 111 cm³/mol. The van der Waals surface area contributed by atoms with Crippen LogP contribution in [0, 0.1) is 13.8 Å². The monoisotopic (exact) mass is 371 g/mol. The van der Waals surface area contributed by atoms with Crippen LogP contribution in [0.2, 0.25) is 0 Å². The van der Waals surface area contributed by atoms with Gasteiger partial charge in [-0.3, -0.25) is 5.32 Å². The molecule has 0 aliphatic heterocycles. The molecule has 0 saturated heterocycles. The SMILES string of the molecule is CCOc1ccc2nc(Nc3nc(C)cc(-c4ccccc4)n3)nc(C)c2c1. The average Bonchev–Trinajstić information content (AvgIpc) is 2.69. The van der Waals surface area contributed by atoms with Crippen LogP contribution in [0.15, 0.2) is 54.6 Å². The molecule has 2 aromatic heterocycles. The maximum atomic E-state index is 5.57. The minimum atomic E-state index is 0.471. The van der Waals surface area contributed by atoms with Crippen molar-refractivity contribution in [2.24, 2.45) is 0 Å². The van der Waals surface area contributed by atoms with E-state index in [0.29, 0.717) is 18.5 Å². The second kappa shape index (κ2) is 7.60. The zero-order valence-electron chi connectivity index (χ0n) is 16.1. The van der Waals surface area contributed by atoms with Gasteiger partial charge in [-0.1, -0.05) is 30.3 Å². The van der Waals surface area contributed by atoms with Crippen molar-refractivity contribution in [1.29, 1.82) is 0 Å². The number of rotatable bonds is 5. The van der Waals surface area contributed by atoms with E-state index in [9.17, 15) is 0 Å². The fraction of sp³-hybridized carbons (Fsp3) is 0.182. The Labute approximate surface area is 163 Å². The molecule has 0 amide bonds. The highest BCUT2D eigenvalue weighted by Gasteiger charge is 2.09. The molecule has 0 aliphatic rings. The van der Waals surface area contributed by atoms with Crippen LogP contribution in [0.5, 0.6) is 5.75 Å². The molecule has 28 heavy (non-hydrogen) atoms. The smallest absolute Gasteiger partial charge is 0.230 e. The number of aromatic nitrogens is 4. The summed E-state index contributed by atoms with van der Waals surface area (Å²) in [7, 11) is 0. The van der Waals surface area contributed by atoms with Crippen LogP contribution in [0.1, 0.15) is 18.3 Å². The number of anilines is 2. The van der Waals surface area contributed by atoms with Crippen LogP contribution in [-0.2, 0) is 0 Å². The summed E-state index contributed by atoms with van der Waals surface area (Å²) in [6.07, 6.45) is 0. The van der Waals surface area contributed by atoms with Crippen LogP contribution >= 0.6 is 0 Å². The van der Waals surface area contributed by atoms with Gasteiger partial charge >= 0.3 is 0 Å². The lowest BCUT2D eigenvalue weighted by atomic mass is 10.1. The molecule has 0 aliphatic carbocycles. The number of benzene rings is 2. The Balaban J connectivity index is 1.68. The predicted octanol–water partition coefficient (Wildman–Crippen LogP) is 4.85. The third-order valence-corrected chi connectivity index (χ3v) is 4.32. The molecule has 4 rings (SSSR count). The average molecular weight is 371 g/mol. The van der Waals surface area contributed by atoms with Crippen molar-refractivity contribution < 1.29 is 4.74 Å². The molecule has 0 atom stereocenters. The first kappa shape index (κ1) is 17.9. The van der Waals surface area contributed by atoms with Crippen LogP contribution in [-0.4, -0.2) is 26.5 Å². The first-order valence-electron chi connectivity index (χ1n) is 9.21. The van der Waals surface area contributed by atoms with Crippen molar-refractivity contribution in [1.82, 2.24) is 19.9 Å². The molecule has 6 nitrogen and oxygen atoms in total. The van der Waals surface area contributed by atoms with Gasteiger partial charge in [0.2, 0.25) is 11.9 Å². The highest BCUT2D eigenvalue weighted by atomic mass is 16.5. The van der Waals surface area contributed by atoms with Crippen molar-refractivity contribution in [2.75, 3.05) is 11.9 Å². The Morgan fingerprint density at radius 3 is 2.43 bits per heavy atom. The summed E-state index contributed by atoms with van der Waals surface area (Å²) in [6.45, 7) is 6.49. The van der Waals surface area contributed by atoms with Crippen LogP contribution in [0.4, 0.5) is 11.9 Å². The fourth-order valence-corrected chi connectivity index (χ4v) is 3.05. The molecule has 0 spiro atoms. The number of fused-ring (bicyclic) bond motifs is 1. The maximum absolute atomic E-state index is 5.57. The third kappa shape index (κ3) is 3.76. The van der Waals surface area contributed by atoms with E-state index in [1.807, 2.05) is 75.4 Å². The molecule has 4 aromatic rings. The summed E-state index contributed by atoms with van der Waals surface area (Å²) < 4.78 is 5.57. The van der Waals surface area contributed by atoms with Crippen molar-refractivity contribution in [3.05, 3.63) is 66.0 Å². The van der Waals surface area contributed by atoms with Gasteiger partial charge < -0.3 is 4.74 Å². The Morgan fingerprint density at radius 1 is 0.857 bits per heavy atom. The molecule has 0 saturated carbocycles. The van der Waals surface area contributed by atoms with Gasteiger partial charge in [-0.25, -0.2) is 19.9 Å². The summed E-state index contributed by atoms with van der Waals surface area (Å²) >= 11 is 0. The summed E-state index contributed by atoms with van der Waals surface area (Å²) in [5, 5.41) is 4.12. The van der Waals surface area contributed by atoms with E-state index in [1.54, 1.807) is 0 Å². The van der Waals surface area contributed by atoms with Gasteiger partial charge in [-0.05, 0) is 45.0 Å². The molecular weight excluding hydrogens is 350 g/mol. The number of hydrogen-bond donors (Lipinski definition) is 1. The highest BCUT2D eigenvalue weighted by Crippen LogP contribution is 2.24. The van der Waals surface area contributed by atoms with Gasteiger partial charge in [-0.15, -0.1) is 0 Å². The molecule has 0 unspecified atom stereocenters. The molecule has 0 fully saturated rings. The Hall–Kier alpha value is -3.54. The van der Waals surface area contributed by atoms with Gasteiger partial charge in [-0.2, -0.15) is 0 Å². The van der Waals surface area contributed by atoms with E-state index in [2.05, 4.69) is 25.3 Å². The number of nitrogens with zero attached hydrogens (tertiary/aromatic N) is 4. The maximum Gasteiger partial charge on any atom is 0.230 e. The Kier molecular flexibility index (Phi) is 4.85. The highest BCUT2D eigenvalue weighted by molar-refractivity contribution is 5.83.